The number of nitrogens with one attached hydrogen (secondary N) is 1. The molecule has 6 heteroatoms. The molecule has 0 spiro atoms. The van der Waals surface area contributed by atoms with E-state index < -0.39 is 23.2 Å². The number of benzene rings is 1. The van der Waals surface area contributed by atoms with Gasteiger partial charge >= 0.3 is 6.03 Å². The molecule has 2 N–H and O–H groups in total. The minimum Gasteiger partial charge on any atom is -0.392 e. The first kappa shape index (κ1) is 15.7. The van der Waals surface area contributed by atoms with Gasteiger partial charge in [0.25, 0.3) is 0 Å². The number of nitrogens with zero attached hydrogens (tertiary/aromatic N) is 1. The fourth-order valence-corrected chi connectivity index (χ4v) is 2.53. The minimum atomic E-state index is -0.642. The lowest BCUT2D eigenvalue weighted by Gasteiger charge is -2.22. The Morgan fingerprint density at radius 2 is 2.00 bits per heavy atom. The van der Waals surface area contributed by atoms with Crippen molar-refractivity contribution in [2.75, 3.05) is 20.1 Å². The number of rotatable bonds is 5. The molecular formula is C15H20F2N2O2. The molecule has 2 amide bonds. The third-order valence-corrected chi connectivity index (χ3v) is 3.81. The Morgan fingerprint density at radius 1 is 1.43 bits per heavy atom. The van der Waals surface area contributed by atoms with E-state index in [1.807, 2.05) is 0 Å². The highest BCUT2D eigenvalue weighted by Gasteiger charge is 2.48. The second-order valence-electron chi connectivity index (χ2n) is 5.77. The molecule has 0 saturated heterocycles. The quantitative estimate of drug-likeness (QED) is 0.874. The van der Waals surface area contributed by atoms with Gasteiger partial charge in [-0.3, -0.25) is 0 Å². The second-order valence-corrected chi connectivity index (χ2v) is 5.77. The topological polar surface area (TPSA) is 52.6 Å². The molecule has 1 aromatic carbocycles. The van der Waals surface area contributed by atoms with Crippen LogP contribution in [0.4, 0.5) is 13.6 Å². The molecule has 1 saturated carbocycles. The number of carbonyl (C=O) groups is 1. The van der Waals surface area contributed by atoms with Crippen molar-refractivity contribution in [2.45, 2.75) is 31.3 Å². The van der Waals surface area contributed by atoms with Crippen LogP contribution in [-0.4, -0.2) is 42.3 Å². The van der Waals surface area contributed by atoms with Crippen molar-refractivity contribution in [3.05, 3.63) is 35.4 Å². The molecule has 0 radical (unpaired) electrons. The van der Waals surface area contributed by atoms with Crippen molar-refractivity contribution in [1.29, 1.82) is 0 Å². The van der Waals surface area contributed by atoms with Crippen molar-refractivity contribution in [3.8, 4) is 0 Å². The molecule has 1 fully saturated rings. The van der Waals surface area contributed by atoms with Gasteiger partial charge in [0.2, 0.25) is 0 Å². The number of aliphatic hydroxyl groups excluding tert-OH is 1. The molecule has 1 aromatic rings. The van der Waals surface area contributed by atoms with E-state index in [1.165, 1.54) is 23.1 Å². The third-order valence-electron chi connectivity index (χ3n) is 3.81. The maximum Gasteiger partial charge on any atom is 0.317 e. The van der Waals surface area contributed by atoms with Crippen molar-refractivity contribution < 1.29 is 18.7 Å². The van der Waals surface area contributed by atoms with Crippen LogP contribution in [0.1, 0.15) is 25.3 Å². The first-order valence-corrected chi connectivity index (χ1v) is 6.97. The predicted molar refractivity (Wildman–Crippen MR) is 75.0 cm³/mol. The summed E-state index contributed by atoms with van der Waals surface area (Å²) >= 11 is 0. The minimum absolute atomic E-state index is 0.0588. The van der Waals surface area contributed by atoms with Gasteiger partial charge in [-0.1, -0.05) is 6.07 Å². The van der Waals surface area contributed by atoms with Crippen LogP contribution in [0.25, 0.3) is 0 Å². The summed E-state index contributed by atoms with van der Waals surface area (Å²) in [7, 11) is 1.56. The number of carbonyl (C=O) groups excluding carboxylic acids is 1. The highest BCUT2D eigenvalue weighted by molar-refractivity contribution is 5.74. The summed E-state index contributed by atoms with van der Waals surface area (Å²) in [6.45, 7) is 1.97. The van der Waals surface area contributed by atoms with Gasteiger partial charge in [-0.25, -0.2) is 13.6 Å². The number of hydrogen-bond acceptors (Lipinski definition) is 2. The SMILES string of the molecule is CC(O)CN(C)C(=O)NCC1(c2c(F)cccc2F)CC1. The van der Waals surface area contributed by atoms with Crippen LogP contribution in [0.5, 0.6) is 0 Å². The Balaban J connectivity index is 2.01. The van der Waals surface area contributed by atoms with Crippen molar-refractivity contribution in [1.82, 2.24) is 10.2 Å². The molecule has 0 aliphatic heterocycles. The zero-order valence-corrected chi connectivity index (χ0v) is 12.2. The number of urea groups is 1. The Labute approximate surface area is 122 Å². The van der Waals surface area contributed by atoms with Crippen LogP contribution < -0.4 is 5.32 Å². The summed E-state index contributed by atoms with van der Waals surface area (Å²) in [4.78, 5) is 13.2. The molecule has 1 aliphatic carbocycles. The average Bonchev–Trinajstić information content (AvgIpc) is 3.16. The van der Waals surface area contributed by atoms with E-state index in [0.29, 0.717) is 12.8 Å². The Morgan fingerprint density at radius 3 is 2.48 bits per heavy atom. The number of aliphatic hydroxyl groups is 1. The molecule has 0 bridgehead atoms. The zero-order valence-electron chi connectivity index (χ0n) is 12.2. The standard InChI is InChI=1S/C15H20F2N2O2/c1-10(20)8-19(2)14(21)18-9-15(6-7-15)13-11(16)4-3-5-12(13)17/h3-5,10,20H,6-9H2,1-2H3,(H,18,21). The van der Waals surface area contributed by atoms with Crippen LogP contribution in [0.2, 0.25) is 0 Å². The van der Waals surface area contributed by atoms with Gasteiger partial charge in [0.15, 0.2) is 0 Å². The van der Waals surface area contributed by atoms with Crippen LogP contribution in [0.3, 0.4) is 0 Å². The van der Waals surface area contributed by atoms with Crippen LogP contribution >= 0.6 is 0 Å². The van der Waals surface area contributed by atoms with E-state index in [2.05, 4.69) is 5.32 Å². The number of amides is 2. The Kier molecular flexibility index (Phi) is 4.46. The lowest BCUT2D eigenvalue weighted by Crippen LogP contribution is -2.43. The summed E-state index contributed by atoms with van der Waals surface area (Å²) in [5.41, 5.74) is -0.583. The molecule has 21 heavy (non-hydrogen) atoms. The van der Waals surface area contributed by atoms with Gasteiger partial charge in [-0.05, 0) is 31.9 Å². The van der Waals surface area contributed by atoms with Crippen molar-refractivity contribution in [3.63, 3.8) is 0 Å². The van der Waals surface area contributed by atoms with E-state index in [4.69, 9.17) is 0 Å². The Bertz CT molecular complexity index is 510. The smallest absolute Gasteiger partial charge is 0.317 e. The third kappa shape index (κ3) is 3.50. The van der Waals surface area contributed by atoms with Crippen molar-refractivity contribution in [2.24, 2.45) is 0 Å². The molecule has 1 unspecified atom stereocenters. The molecule has 2 rings (SSSR count). The van der Waals surface area contributed by atoms with E-state index in [9.17, 15) is 18.7 Å². The highest BCUT2D eigenvalue weighted by Crippen LogP contribution is 2.49. The lowest BCUT2D eigenvalue weighted by atomic mass is 9.94. The molecule has 0 heterocycles. The highest BCUT2D eigenvalue weighted by atomic mass is 19.1. The van der Waals surface area contributed by atoms with Gasteiger partial charge in [0.05, 0.1) is 6.10 Å². The largest absolute Gasteiger partial charge is 0.392 e. The van der Waals surface area contributed by atoms with E-state index in [-0.39, 0.29) is 24.7 Å². The summed E-state index contributed by atoms with van der Waals surface area (Å²) in [5, 5.41) is 11.9. The summed E-state index contributed by atoms with van der Waals surface area (Å²) in [6.07, 6.45) is 0.663. The normalized spacial score (nSPS) is 17.2. The monoisotopic (exact) mass is 298 g/mol. The van der Waals surface area contributed by atoms with E-state index >= 15 is 0 Å². The predicted octanol–water partition coefficient (Wildman–Crippen LogP) is 2.02. The van der Waals surface area contributed by atoms with Gasteiger partial charge in [0.1, 0.15) is 11.6 Å². The van der Waals surface area contributed by atoms with Gasteiger partial charge in [-0.2, -0.15) is 0 Å². The zero-order chi connectivity index (χ0) is 15.6. The number of hydrogen-bond donors (Lipinski definition) is 2. The maximum absolute atomic E-state index is 13.8. The maximum atomic E-state index is 13.8. The summed E-state index contributed by atoms with van der Waals surface area (Å²) in [5.74, 6) is -1.14. The second kappa shape index (κ2) is 5.97. The Hall–Kier alpha value is -1.69. The molecule has 1 atom stereocenters. The first-order chi connectivity index (χ1) is 9.85. The van der Waals surface area contributed by atoms with Crippen LogP contribution in [0, 0.1) is 11.6 Å². The fraction of sp³-hybridized carbons (Fsp3) is 0.533. The van der Waals surface area contributed by atoms with E-state index in [0.717, 1.165) is 0 Å². The van der Waals surface area contributed by atoms with Crippen LogP contribution in [0.15, 0.2) is 18.2 Å². The molecule has 116 valence electrons. The average molecular weight is 298 g/mol. The number of likely N-dealkylation sites (N-methyl/N-ethyl adjacent to an activating group) is 1. The molecular weight excluding hydrogens is 278 g/mol. The van der Waals surface area contributed by atoms with Gasteiger partial charge in [0, 0.05) is 31.1 Å². The van der Waals surface area contributed by atoms with Crippen LogP contribution in [-0.2, 0) is 5.41 Å². The van der Waals surface area contributed by atoms with Gasteiger partial charge < -0.3 is 15.3 Å². The fourth-order valence-electron chi connectivity index (χ4n) is 2.53. The summed E-state index contributed by atoms with van der Waals surface area (Å²) < 4.78 is 27.7. The molecule has 0 aromatic heterocycles. The number of halogens is 2. The van der Waals surface area contributed by atoms with Crippen molar-refractivity contribution >= 4 is 6.03 Å². The van der Waals surface area contributed by atoms with Gasteiger partial charge in [-0.15, -0.1) is 0 Å². The molecule has 4 nitrogen and oxygen atoms in total. The first-order valence-electron chi connectivity index (χ1n) is 6.97. The molecule has 1 aliphatic rings. The van der Waals surface area contributed by atoms with E-state index in [1.54, 1.807) is 14.0 Å². The lowest BCUT2D eigenvalue weighted by molar-refractivity contribution is 0.143. The summed E-state index contributed by atoms with van der Waals surface area (Å²) in [6, 6.07) is 3.44.